The van der Waals surface area contributed by atoms with Crippen LogP contribution >= 0.6 is 35.6 Å². The summed E-state index contributed by atoms with van der Waals surface area (Å²) in [5, 5.41) is 3.71. The highest BCUT2D eigenvalue weighted by atomic mass is 127. The number of hydrogen-bond donors (Lipinski definition) is 2. The number of benzene rings is 2. The molecule has 0 aliphatic rings. The van der Waals surface area contributed by atoms with E-state index in [-0.39, 0.29) is 30.1 Å². The van der Waals surface area contributed by atoms with Crippen LogP contribution in [0.4, 0.5) is 5.69 Å². The van der Waals surface area contributed by atoms with Gasteiger partial charge in [-0.2, -0.15) is 0 Å². The Kier molecular flexibility index (Phi) is 8.19. The van der Waals surface area contributed by atoms with Crippen molar-refractivity contribution in [2.75, 3.05) is 11.9 Å². The summed E-state index contributed by atoms with van der Waals surface area (Å²) in [4.78, 5) is 4.29. The van der Waals surface area contributed by atoms with Gasteiger partial charge in [-0.15, -0.1) is 24.0 Å². The van der Waals surface area contributed by atoms with Gasteiger partial charge in [0.15, 0.2) is 5.96 Å². The highest BCUT2D eigenvalue weighted by Gasteiger charge is 2.04. The lowest BCUT2D eigenvalue weighted by Crippen LogP contribution is -2.25. The second-order valence-electron chi connectivity index (χ2n) is 5.11. The van der Waals surface area contributed by atoms with E-state index in [2.05, 4.69) is 10.3 Å². The largest absolute Gasteiger partial charge is 0.489 e. The average molecular weight is 446 g/mol. The molecule has 0 fully saturated rings. The topological polar surface area (TPSA) is 59.6 Å². The molecule has 2 aromatic rings. The highest BCUT2D eigenvalue weighted by Crippen LogP contribution is 2.18. The zero-order chi connectivity index (χ0) is 15.9. The molecule has 0 heterocycles. The van der Waals surface area contributed by atoms with Crippen molar-refractivity contribution in [3.63, 3.8) is 0 Å². The number of nitrogens with one attached hydrogen (secondary N) is 1. The minimum Gasteiger partial charge on any atom is -0.489 e. The number of aliphatic imine (C=N–C) groups is 1. The molecule has 1 atom stereocenters. The summed E-state index contributed by atoms with van der Waals surface area (Å²) in [6.07, 6.45) is -0.101. The first kappa shape index (κ1) is 19.6. The molecule has 0 bridgehead atoms. The number of hydrogen-bond acceptors (Lipinski definition) is 2. The van der Waals surface area contributed by atoms with Crippen LogP contribution in [0.5, 0.6) is 5.75 Å². The van der Waals surface area contributed by atoms with E-state index in [0.29, 0.717) is 17.5 Å². The van der Waals surface area contributed by atoms with E-state index in [9.17, 15) is 0 Å². The van der Waals surface area contributed by atoms with E-state index in [1.807, 2.05) is 50.2 Å². The Morgan fingerprint density at radius 1 is 1.26 bits per heavy atom. The first-order chi connectivity index (χ1) is 10.5. The summed E-state index contributed by atoms with van der Waals surface area (Å²) >= 11 is 5.92. The molecule has 0 aliphatic carbocycles. The number of nitrogens with two attached hydrogens (primary N) is 1. The lowest BCUT2D eigenvalue weighted by atomic mass is 10.2. The molecular weight excluding hydrogens is 425 g/mol. The second-order valence-corrected chi connectivity index (χ2v) is 5.54. The molecule has 0 amide bonds. The maximum absolute atomic E-state index is 5.92. The normalized spacial score (nSPS) is 12.2. The van der Waals surface area contributed by atoms with Gasteiger partial charge in [-0.3, -0.25) is 0 Å². The van der Waals surface area contributed by atoms with Crippen molar-refractivity contribution in [3.8, 4) is 5.75 Å². The van der Waals surface area contributed by atoms with Gasteiger partial charge in [-0.05, 0) is 49.7 Å². The summed E-state index contributed by atoms with van der Waals surface area (Å²) in [7, 11) is 0. The number of aryl methyl sites for hydroxylation is 1. The molecule has 2 rings (SSSR count). The molecule has 0 spiro atoms. The third-order valence-electron chi connectivity index (χ3n) is 2.94. The third-order valence-corrected chi connectivity index (χ3v) is 3.18. The molecule has 0 radical (unpaired) electrons. The molecule has 3 N–H and O–H groups in total. The molecule has 0 aromatic heterocycles. The smallest absolute Gasteiger partial charge is 0.193 e. The van der Waals surface area contributed by atoms with Gasteiger partial charge in [0.05, 0.1) is 6.54 Å². The van der Waals surface area contributed by atoms with Crippen molar-refractivity contribution in [1.29, 1.82) is 0 Å². The van der Waals surface area contributed by atoms with Gasteiger partial charge in [-0.25, -0.2) is 4.99 Å². The fraction of sp³-hybridized carbons (Fsp3) is 0.235. The third kappa shape index (κ3) is 7.09. The number of ether oxygens (including phenoxy) is 1. The predicted molar refractivity (Wildman–Crippen MR) is 108 cm³/mol. The fourth-order valence-corrected chi connectivity index (χ4v) is 2.13. The molecule has 124 valence electrons. The van der Waals surface area contributed by atoms with Gasteiger partial charge in [0.25, 0.3) is 0 Å². The van der Waals surface area contributed by atoms with Crippen LogP contribution in [0.3, 0.4) is 0 Å². The van der Waals surface area contributed by atoms with Gasteiger partial charge in [0, 0.05) is 10.7 Å². The Morgan fingerprint density at radius 2 is 2.00 bits per heavy atom. The van der Waals surface area contributed by atoms with Crippen LogP contribution in [0.2, 0.25) is 5.02 Å². The molecule has 0 aliphatic heterocycles. The maximum Gasteiger partial charge on any atom is 0.193 e. The van der Waals surface area contributed by atoms with Gasteiger partial charge in [0.2, 0.25) is 0 Å². The molecule has 0 saturated heterocycles. The lowest BCUT2D eigenvalue weighted by Gasteiger charge is -2.13. The summed E-state index contributed by atoms with van der Waals surface area (Å²) in [6.45, 7) is 4.42. The zero-order valence-electron chi connectivity index (χ0n) is 13.1. The Balaban J connectivity index is 0.00000264. The van der Waals surface area contributed by atoms with Crippen molar-refractivity contribution < 1.29 is 4.74 Å². The van der Waals surface area contributed by atoms with E-state index in [0.717, 1.165) is 17.0 Å². The maximum atomic E-state index is 5.92. The van der Waals surface area contributed by atoms with Crippen LogP contribution < -0.4 is 15.8 Å². The number of nitrogens with zero attached hydrogens (tertiary/aromatic N) is 1. The van der Waals surface area contributed by atoms with E-state index >= 15 is 0 Å². The van der Waals surface area contributed by atoms with Crippen molar-refractivity contribution in [1.82, 2.24) is 0 Å². The summed E-state index contributed by atoms with van der Waals surface area (Å²) in [5.41, 5.74) is 7.97. The van der Waals surface area contributed by atoms with E-state index in [1.54, 1.807) is 12.1 Å². The van der Waals surface area contributed by atoms with Crippen molar-refractivity contribution in [2.45, 2.75) is 20.0 Å². The molecule has 6 heteroatoms. The number of guanidine groups is 1. The van der Waals surface area contributed by atoms with E-state index in [1.165, 1.54) is 0 Å². The Morgan fingerprint density at radius 3 is 2.70 bits per heavy atom. The van der Waals surface area contributed by atoms with Crippen LogP contribution in [-0.4, -0.2) is 18.6 Å². The fourth-order valence-electron chi connectivity index (χ4n) is 1.95. The molecule has 4 nitrogen and oxygen atoms in total. The SMILES string of the molecule is Cc1cccc(NC(N)=NCC(C)Oc2cccc(Cl)c2)c1.I. The minimum absolute atomic E-state index is 0. The molecule has 23 heavy (non-hydrogen) atoms. The first-order valence-corrected chi connectivity index (χ1v) is 7.46. The predicted octanol–water partition coefficient (Wildman–Crippen LogP) is 4.46. The second kappa shape index (κ2) is 9.62. The van der Waals surface area contributed by atoms with Crippen LogP contribution in [-0.2, 0) is 0 Å². The van der Waals surface area contributed by atoms with Crippen molar-refractivity contribution in [3.05, 3.63) is 59.1 Å². The molecular formula is C17H21ClIN3O. The Hall–Kier alpha value is -1.47. The molecule has 1 unspecified atom stereocenters. The van der Waals surface area contributed by atoms with Crippen LogP contribution in [0.25, 0.3) is 0 Å². The van der Waals surface area contributed by atoms with Gasteiger partial charge in [-0.1, -0.05) is 29.8 Å². The minimum atomic E-state index is -0.101. The van der Waals surface area contributed by atoms with Crippen LogP contribution in [0, 0.1) is 6.92 Å². The quantitative estimate of drug-likeness (QED) is 0.406. The van der Waals surface area contributed by atoms with Crippen molar-refractivity contribution in [2.24, 2.45) is 10.7 Å². The lowest BCUT2D eigenvalue weighted by molar-refractivity contribution is 0.230. The molecule has 0 saturated carbocycles. The van der Waals surface area contributed by atoms with Gasteiger partial charge < -0.3 is 15.8 Å². The van der Waals surface area contributed by atoms with Crippen LogP contribution in [0.1, 0.15) is 12.5 Å². The van der Waals surface area contributed by atoms with Crippen LogP contribution in [0.15, 0.2) is 53.5 Å². The van der Waals surface area contributed by atoms with E-state index < -0.39 is 0 Å². The first-order valence-electron chi connectivity index (χ1n) is 7.09. The number of halogens is 2. The standard InChI is InChI=1S/C17H20ClN3O.HI/c1-12-5-3-7-15(9-12)21-17(19)20-11-13(2)22-16-8-4-6-14(18)10-16;/h3-10,13H,11H2,1-2H3,(H3,19,20,21);1H. The number of rotatable bonds is 5. The average Bonchev–Trinajstić information content (AvgIpc) is 2.45. The Bertz CT molecular complexity index is 664. The van der Waals surface area contributed by atoms with Gasteiger partial charge >= 0.3 is 0 Å². The number of anilines is 1. The highest BCUT2D eigenvalue weighted by molar-refractivity contribution is 14.0. The molecule has 2 aromatic carbocycles. The summed E-state index contributed by atoms with van der Waals surface area (Å²) in [5.74, 6) is 1.09. The Labute approximate surface area is 159 Å². The zero-order valence-corrected chi connectivity index (χ0v) is 16.2. The summed E-state index contributed by atoms with van der Waals surface area (Å²) in [6, 6.07) is 15.2. The van der Waals surface area contributed by atoms with E-state index in [4.69, 9.17) is 22.1 Å². The van der Waals surface area contributed by atoms with Crippen molar-refractivity contribution >= 4 is 47.2 Å². The summed E-state index contributed by atoms with van der Waals surface area (Å²) < 4.78 is 5.74. The monoisotopic (exact) mass is 445 g/mol. The van der Waals surface area contributed by atoms with Gasteiger partial charge in [0.1, 0.15) is 11.9 Å².